The van der Waals surface area contributed by atoms with E-state index < -0.39 is 14.9 Å². The van der Waals surface area contributed by atoms with Crippen LogP contribution in [0, 0.1) is 17.0 Å². The van der Waals surface area contributed by atoms with Gasteiger partial charge in [0.1, 0.15) is 5.82 Å². The smallest absolute Gasteiger partial charge is 0.269 e. The van der Waals surface area contributed by atoms with Gasteiger partial charge >= 0.3 is 0 Å². The molecule has 1 aromatic heterocycles. The summed E-state index contributed by atoms with van der Waals surface area (Å²) in [6.07, 6.45) is 2.72. The van der Waals surface area contributed by atoms with Crippen molar-refractivity contribution in [1.82, 2.24) is 14.3 Å². The number of piperidine rings is 1. The van der Waals surface area contributed by atoms with Crippen molar-refractivity contribution in [1.29, 1.82) is 0 Å². The van der Waals surface area contributed by atoms with Gasteiger partial charge in [-0.1, -0.05) is 6.92 Å². The van der Waals surface area contributed by atoms with Gasteiger partial charge in [0.05, 0.1) is 11.2 Å². The van der Waals surface area contributed by atoms with Crippen molar-refractivity contribution in [3.8, 4) is 11.4 Å². The Balaban J connectivity index is 1.78. The molecule has 2 aromatic rings. The van der Waals surface area contributed by atoms with Crippen molar-refractivity contribution in [3.63, 3.8) is 0 Å². The topological polar surface area (TPSA) is 110 Å². The Morgan fingerprint density at radius 3 is 2.34 bits per heavy atom. The molecule has 0 aliphatic carbocycles. The van der Waals surface area contributed by atoms with E-state index in [9.17, 15) is 18.5 Å². The number of rotatable bonds is 6. The van der Waals surface area contributed by atoms with Crippen LogP contribution in [-0.2, 0) is 10.0 Å². The summed E-state index contributed by atoms with van der Waals surface area (Å²) in [5, 5.41) is 10.8. The fourth-order valence-electron chi connectivity index (χ4n) is 3.72. The largest absolute Gasteiger partial charge is 0.356 e. The van der Waals surface area contributed by atoms with Gasteiger partial charge in [-0.15, -0.1) is 0 Å². The van der Waals surface area contributed by atoms with Crippen LogP contribution in [0.25, 0.3) is 11.4 Å². The summed E-state index contributed by atoms with van der Waals surface area (Å²) in [5.74, 6) is 1.30. The van der Waals surface area contributed by atoms with Crippen LogP contribution in [0.4, 0.5) is 11.5 Å². The first kappa shape index (κ1) is 21.1. The maximum atomic E-state index is 12.0. The normalized spacial score (nSPS) is 15.7. The molecule has 1 aliphatic heterocycles. The van der Waals surface area contributed by atoms with Crippen LogP contribution in [0.1, 0.15) is 25.5 Å². The van der Waals surface area contributed by atoms with Crippen molar-refractivity contribution >= 4 is 21.5 Å². The van der Waals surface area contributed by atoms with Gasteiger partial charge in [0.25, 0.3) is 5.69 Å². The van der Waals surface area contributed by atoms with Crippen LogP contribution in [-0.4, -0.2) is 59.5 Å². The molecule has 0 radical (unpaired) electrons. The van der Waals surface area contributed by atoms with Gasteiger partial charge < -0.3 is 4.90 Å². The molecule has 0 bridgehead atoms. The molecule has 0 spiro atoms. The van der Waals surface area contributed by atoms with E-state index in [0.29, 0.717) is 31.0 Å². The highest BCUT2D eigenvalue weighted by atomic mass is 32.2. The van der Waals surface area contributed by atoms with Crippen molar-refractivity contribution < 1.29 is 13.3 Å². The van der Waals surface area contributed by atoms with Crippen LogP contribution >= 0.6 is 0 Å². The van der Waals surface area contributed by atoms with Crippen molar-refractivity contribution in [2.75, 3.05) is 30.8 Å². The lowest BCUT2D eigenvalue weighted by molar-refractivity contribution is -0.384. The average molecular weight is 420 g/mol. The molecular formula is C19H25N5O4S. The minimum atomic E-state index is -3.21. The minimum absolute atomic E-state index is 0.00308. The van der Waals surface area contributed by atoms with Gasteiger partial charge in [-0.3, -0.25) is 10.1 Å². The second kappa shape index (κ2) is 8.42. The zero-order valence-electron chi connectivity index (χ0n) is 16.8. The summed E-state index contributed by atoms with van der Waals surface area (Å²) in [7, 11) is -3.21. The van der Waals surface area contributed by atoms with Gasteiger partial charge in [0.15, 0.2) is 5.82 Å². The van der Waals surface area contributed by atoms with E-state index >= 15 is 0 Å². The van der Waals surface area contributed by atoms with Gasteiger partial charge in [-0.2, -0.15) is 4.31 Å². The molecule has 1 fully saturated rings. The number of non-ortho nitro benzene ring substituents is 1. The van der Waals surface area contributed by atoms with Crippen LogP contribution in [0.15, 0.2) is 30.3 Å². The fraction of sp³-hybridized carbons (Fsp3) is 0.474. The molecule has 3 rings (SSSR count). The van der Waals surface area contributed by atoms with Crippen molar-refractivity contribution in [2.24, 2.45) is 0 Å². The minimum Gasteiger partial charge on any atom is -0.356 e. The quantitative estimate of drug-likeness (QED) is 0.523. The van der Waals surface area contributed by atoms with E-state index in [1.165, 1.54) is 18.4 Å². The Morgan fingerprint density at radius 2 is 1.83 bits per heavy atom. The van der Waals surface area contributed by atoms with Crippen molar-refractivity contribution in [3.05, 3.63) is 46.1 Å². The average Bonchev–Trinajstić information content (AvgIpc) is 2.67. The molecule has 0 N–H and O–H groups in total. The number of benzene rings is 1. The molecule has 1 aromatic carbocycles. The Kier molecular flexibility index (Phi) is 6.13. The van der Waals surface area contributed by atoms with E-state index in [4.69, 9.17) is 0 Å². The maximum absolute atomic E-state index is 12.0. The number of hydrogen-bond donors (Lipinski definition) is 0. The fourth-order valence-corrected chi connectivity index (χ4v) is 4.94. The highest BCUT2D eigenvalue weighted by Gasteiger charge is 2.29. The predicted molar refractivity (Wildman–Crippen MR) is 111 cm³/mol. The van der Waals surface area contributed by atoms with E-state index in [0.717, 1.165) is 24.4 Å². The zero-order chi connectivity index (χ0) is 21.2. The molecule has 0 unspecified atom stereocenters. The molecule has 10 heteroatoms. The maximum Gasteiger partial charge on any atom is 0.269 e. The van der Waals surface area contributed by atoms with Crippen LogP contribution in [0.3, 0.4) is 0 Å². The summed E-state index contributed by atoms with van der Waals surface area (Å²) in [6, 6.07) is 8.09. The Hall–Kier alpha value is -2.59. The van der Waals surface area contributed by atoms with Crippen LogP contribution < -0.4 is 4.90 Å². The second-order valence-corrected chi connectivity index (χ2v) is 9.11. The van der Waals surface area contributed by atoms with Gasteiger partial charge in [0, 0.05) is 55.1 Å². The number of aryl methyl sites for hydroxylation is 1. The molecule has 0 saturated carbocycles. The van der Waals surface area contributed by atoms with Crippen LogP contribution in [0.5, 0.6) is 0 Å². The molecule has 2 heterocycles. The van der Waals surface area contributed by atoms with Gasteiger partial charge in [0.2, 0.25) is 10.0 Å². The molecule has 156 valence electrons. The molecule has 9 nitrogen and oxygen atoms in total. The number of sulfonamides is 1. The number of nitro benzene ring substituents is 1. The summed E-state index contributed by atoms with van der Waals surface area (Å²) in [5.41, 5.74) is 1.54. The van der Waals surface area contributed by atoms with Gasteiger partial charge in [-0.25, -0.2) is 18.4 Å². The second-order valence-electron chi connectivity index (χ2n) is 7.18. The molecule has 0 amide bonds. The standard InChI is InChI=1S/C19H25N5O4S/c1-4-23(29(3,27)28)16-9-11-22(12-10-16)18-13-14(2)20-19(21-18)15-5-7-17(8-6-15)24(25)26/h5-8,13,16H,4,9-12H2,1-3H3. The molecule has 29 heavy (non-hydrogen) atoms. The lowest BCUT2D eigenvalue weighted by Crippen LogP contribution is -2.47. The SMILES string of the molecule is CCN(C1CCN(c2cc(C)nc(-c3ccc([N+](=O)[O-])cc3)n2)CC1)S(C)(=O)=O. The molecule has 1 saturated heterocycles. The first-order valence-corrected chi connectivity index (χ1v) is 11.4. The third-order valence-electron chi connectivity index (χ3n) is 5.11. The third-order valence-corrected chi connectivity index (χ3v) is 6.52. The Morgan fingerprint density at radius 1 is 1.21 bits per heavy atom. The van der Waals surface area contributed by atoms with E-state index in [2.05, 4.69) is 14.9 Å². The predicted octanol–water partition coefficient (Wildman–Crippen LogP) is 2.61. The third kappa shape index (κ3) is 4.88. The highest BCUT2D eigenvalue weighted by molar-refractivity contribution is 7.88. The first-order chi connectivity index (χ1) is 13.7. The lowest BCUT2D eigenvalue weighted by atomic mass is 10.0. The van der Waals surface area contributed by atoms with Gasteiger partial charge in [-0.05, 0) is 31.9 Å². The molecular weight excluding hydrogens is 394 g/mol. The van der Waals surface area contributed by atoms with E-state index in [1.807, 2.05) is 19.9 Å². The zero-order valence-corrected chi connectivity index (χ0v) is 17.6. The van der Waals surface area contributed by atoms with Crippen LogP contribution in [0.2, 0.25) is 0 Å². The monoisotopic (exact) mass is 419 g/mol. The molecule has 0 atom stereocenters. The number of aromatic nitrogens is 2. The number of nitrogens with zero attached hydrogens (tertiary/aromatic N) is 5. The number of anilines is 1. The summed E-state index contributed by atoms with van der Waals surface area (Å²) in [6.45, 7) is 5.62. The number of nitro groups is 1. The summed E-state index contributed by atoms with van der Waals surface area (Å²) in [4.78, 5) is 21.7. The Labute approximate surface area is 170 Å². The van der Waals surface area contributed by atoms with E-state index in [-0.39, 0.29) is 11.7 Å². The Bertz CT molecular complexity index is 986. The lowest BCUT2D eigenvalue weighted by Gasteiger charge is -2.37. The summed E-state index contributed by atoms with van der Waals surface area (Å²) >= 11 is 0. The highest BCUT2D eigenvalue weighted by Crippen LogP contribution is 2.26. The van der Waals surface area contributed by atoms with Crippen molar-refractivity contribution in [2.45, 2.75) is 32.7 Å². The summed E-state index contributed by atoms with van der Waals surface area (Å²) < 4.78 is 25.5. The van der Waals surface area contributed by atoms with E-state index in [1.54, 1.807) is 16.4 Å². The first-order valence-electron chi connectivity index (χ1n) is 9.51. The molecule has 1 aliphatic rings. The number of hydrogen-bond acceptors (Lipinski definition) is 7.